The van der Waals surface area contributed by atoms with Crippen LogP contribution in [0.5, 0.6) is 0 Å². The number of hydrogen-bond acceptors (Lipinski definition) is 3. The second-order valence-corrected chi connectivity index (χ2v) is 6.48. The van der Waals surface area contributed by atoms with Crippen LogP contribution in [0.3, 0.4) is 0 Å². The van der Waals surface area contributed by atoms with E-state index in [-0.39, 0.29) is 12.5 Å². The number of aliphatic hydroxyl groups is 1. The third-order valence-corrected chi connectivity index (χ3v) is 4.60. The maximum Gasteiger partial charge on any atom is 0.263 e. The van der Waals surface area contributed by atoms with Gasteiger partial charge in [-0.25, -0.2) is 0 Å². The zero-order valence-corrected chi connectivity index (χ0v) is 12.4. The zero-order chi connectivity index (χ0) is 14.0. The number of hydrogen-bond donors (Lipinski definition) is 2. The number of carbonyl (C=O) groups is 1. The maximum atomic E-state index is 12.3. The monoisotopic (exact) mass is 297 g/mol. The van der Waals surface area contributed by atoms with Gasteiger partial charge in [-0.15, -0.1) is 11.3 Å². The fourth-order valence-corrected chi connectivity index (χ4v) is 3.28. The molecular formula is C14H16ClNO2S. The number of amides is 1. The summed E-state index contributed by atoms with van der Waals surface area (Å²) >= 11 is 7.64. The molecule has 0 radical (unpaired) electrons. The highest BCUT2D eigenvalue weighted by molar-refractivity contribution is 7.21. The Labute approximate surface area is 121 Å². The standard InChI is InChI=1S/C14H16ClNO2S/c1-14(2,7-8-17)16-13(18)12-11(15)9-5-3-4-6-10(9)19-12/h3-6,17H,7-8H2,1-2H3,(H,16,18). The molecule has 0 saturated carbocycles. The Morgan fingerprint density at radius 3 is 2.74 bits per heavy atom. The van der Waals surface area contributed by atoms with E-state index in [1.54, 1.807) is 0 Å². The second kappa shape index (κ2) is 5.49. The van der Waals surface area contributed by atoms with Crippen molar-refractivity contribution in [1.29, 1.82) is 0 Å². The fourth-order valence-electron chi connectivity index (χ4n) is 1.87. The molecule has 5 heteroatoms. The highest BCUT2D eigenvalue weighted by Gasteiger charge is 2.24. The van der Waals surface area contributed by atoms with E-state index in [0.29, 0.717) is 16.3 Å². The quantitative estimate of drug-likeness (QED) is 0.908. The highest BCUT2D eigenvalue weighted by Crippen LogP contribution is 2.35. The fraction of sp³-hybridized carbons (Fsp3) is 0.357. The van der Waals surface area contributed by atoms with E-state index in [1.807, 2.05) is 38.1 Å². The van der Waals surface area contributed by atoms with Crippen LogP contribution >= 0.6 is 22.9 Å². The summed E-state index contributed by atoms with van der Waals surface area (Å²) in [5.41, 5.74) is -0.453. The van der Waals surface area contributed by atoms with Gasteiger partial charge in [0.2, 0.25) is 0 Å². The van der Waals surface area contributed by atoms with Gasteiger partial charge in [-0.1, -0.05) is 29.8 Å². The molecule has 3 nitrogen and oxygen atoms in total. The number of nitrogens with one attached hydrogen (secondary N) is 1. The van der Waals surface area contributed by atoms with Crippen molar-refractivity contribution in [2.45, 2.75) is 25.8 Å². The topological polar surface area (TPSA) is 49.3 Å². The first-order valence-corrected chi connectivity index (χ1v) is 7.24. The summed E-state index contributed by atoms with van der Waals surface area (Å²) in [5, 5.41) is 13.3. The molecule has 1 aromatic carbocycles. The van der Waals surface area contributed by atoms with E-state index in [9.17, 15) is 4.79 Å². The molecule has 1 aromatic heterocycles. The number of carbonyl (C=O) groups excluding carboxylic acids is 1. The van der Waals surface area contributed by atoms with Gasteiger partial charge in [0.25, 0.3) is 5.91 Å². The van der Waals surface area contributed by atoms with Crippen molar-refractivity contribution in [2.24, 2.45) is 0 Å². The third-order valence-electron chi connectivity index (χ3n) is 2.93. The molecule has 0 spiro atoms. The molecule has 102 valence electrons. The molecule has 0 saturated heterocycles. The molecule has 1 heterocycles. The first kappa shape index (κ1) is 14.3. The molecular weight excluding hydrogens is 282 g/mol. The zero-order valence-electron chi connectivity index (χ0n) is 10.9. The Morgan fingerprint density at radius 2 is 2.11 bits per heavy atom. The summed E-state index contributed by atoms with van der Waals surface area (Å²) in [7, 11) is 0. The van der Waals surface area contributed by atoms with Crippen LogP contribution in [0.15, 0.2) is 24.3 Å². The van der Waals surface area contributed by atoms with Crippen LogP contribution in [0.25, 0.3) is 10.1 Å². The van der Waals surface area contributed by atoms with Gasteiger partial charge in [-0.2, -0.15) is 0 Å². The van der Waals surface area contributed by atoms with E-state index >= 15 is 0 Å². The van der Waals surface area contributed by atoms with Crippen molar-refractivity contribution in [2.75, 3.05) is 6.61 Å². The second-order valence-electron chi connectivity index (χ2n) is 5.05. The number of aliphatic hydroxyl groups excluding tert-OH is 1. The smallest absolute Gasteiger partial charge is 0.263 e. The van der Waals surface area contributed by atoms with E-state index in [0.717, 1.165) is 10.1 Å². The maximum absolute atomic E-state index is 12.3. The van der Waals surface area contributed by atoms with Gasteiger partial charge in [0.15, 0.2) is 0 Å². The summed E-state index contributed by atoms with van der Waals surface area (Å²) in [6.45, 7) is 3.79. The Balaban J connectivity index is 2.29. The van der Waals surface area contributed by atoms with Crippen molar-refractivity contribution < 1.29 is 9.90 Å². The van der Waals surface area contributed by atoms with Crippen LogP contribution in [0, 0.1) is 0 Å². The summed E-state index contributed by atoms with van der Waals surface area (Å²) < 4.78 is 0.998. The largest absolute Gasteiger partial charge is 0.396 e. The Kier molecular flexibility index (Phi) is 4.13. The summed E-state index contributed by atoms with van der Waals surface area (Å²) in [6.07, 6.45) is 0.501. The minimum atomic E-state index is -0.453. The van der Waals surface area contributed by atoms with Crippen LogP contribution < -0.4 is 5.32 Å². The minimum Gasteiger partial charge on any atom is -0.396 e. The molecule has 1 amide bonds. The lowest BCUT2D eigenvalue weighted by Gasteiger charge is -2.25. The van der Waals surface area contributed by atoms with E-state index < -0.39 is 5.54 Å². The van der Waals surface area contributed by atoms with Crippen molar-refractivity contribution in [3.8, 4) is 0 Å². The van der Waals surface area contributed by atoms with Crippen molar-refractivity contribution in [3.63, 3.8) is 0 Å². The van der Waals surface area contributed by atoms with Gasteiger partial charge < -0.3 is 10.4 Å². The summed E-state index contributed by atoms with van der Waals surface area (Å²) in [4.78, 5) is 12.8. The van der Waals surface area contributed by atoms with Crippen molar-refractivity contribution >= 4 is 38.9 Å². The van der Waals surface area contributed by atoms with E-state index in [1.165, 1.54) is 11.3 Å². The first-order valence-electron chi connectivity index (χ1n) is 6.05. The average Bonchev–Trinajstić information content (AvgIpc) is 2.67. The molecule has 0 unspecified atom stereocenters. The normalized spacial score (nSPS) is 11.8. The lowest BCUT2D eigenvalue weighted by atomic mass is 10.0. The molecule has 0 aliphatic heterocycles. The third kappa shape index (κ3) is 3.08. The van der Waals surface area contributed by atoms with Crippen LogP contribution in [0.4, 0.5) is 0 Å². The van der Waals surface area contributed by atoms with Gasteiger partial charge in [0.1, 0.15) is 4.88 Å². The van der Waals surface area contributed by atoms with Gasteiger partial charge in [-0.05, 0) is 26.3 Å². The van der Waals surface area contributed by atoms with E-state index in [4.69, 9.17) is 16.7 Å². The SMILES string of the molecule is CC(C)(CCO)NC(=O)c1sc2ccccc2c1Cl. The van der Waals surface area contributed by atoms with Crippen molar-refractivity contribution in [1.82, 2.24) is 5.32 Å². The molecule has 2 aromatic rings. The lowest BCUT2D eigenvalue weighted by molar-refractivity contribution is 0.0904. The van der Waals surface area contributed by atoms with E-state index in [2.05, 4.69) is 5.32 Å². The molecule has 2 rings (SSSR count). The highest BCUT2D eigenvalue weighted by atomic mass is 35.5. The molecule has 0 aliphatic carbocycles. The number of thiophene rings is 1. The van der Waals surface area contributed by atoms with Gasteiger partial charge >= 0.3 is 0 Å². The predicted octanol–water partition coefficient (Wildman–Crippen LogP) is 3.45. The van der Waals surface area contributed by atoms with Gasteiger partial charge in [-0.3, -0.25) is 4.79 Å². The van der Waals surface area contributed by atoms with Gasteiger partial charge in [0, 0.05) is 22.2 Å². The Morgan fingerprint density at radius 1 is 1.42 bits per heavy atom. The molecule has 0 fully saturated rings. The lowest BCUT2D eigenvalue weighted by Crippen LogP contribution is -2.43. The number of fused-ring (bicyclic) bond motifs is 1. The van der Waals surface area contributed by atoms with Crippen LogP contribution in [-0.2, 0) is 0 Å². The summed E-state index contributed by atoms with van der Waals surface area (Å²) in [5.74, 6) is -0.190. The average molecular weight is 298 g/mol. The van der Waals surface area contributed by atoms with Crippen LogP contribution in [0.1, 0.15) is 29.9 Å². The van der Waals surface area contributed by atoms with Crippen molar-refractivity contribution in [3.05, 3.63) is 34.2 Å². The Hall–Kier alpha value is -1.10. The van der Waals surface area contributed by atoms with Crippen LogP contribution in [0.2, 0.25) is 5.02 Å². The molecule has 2 N–H and O–H groups in total. The number of halogens is 1. The molecule has 19 heavy (non-hydrogen) atoms. The predicted molar refractivity (Wildman–Crippen MR) is 80.1 cm³/mol. The molecule has 0 bridgehead atoms. The number of rotatable bonds is 4. The number of benzene rings is 1. The summed E-state index contributed by atoms with van der Waals surface area (Å²) in [6, 6.07) is 7.68. The molecule has 0 aliphatic rings. The van der Waals surface area contributed by atoms with Gasteiger partial charge in [0.05, 0.1) is 5.02 Å². The minimum absolute atomic E-state index is 0.0351. The Bertz CT molecular complexity index is 607. The van der Waals surface area contributed by atoms with Crippen LogP contribution in [-0.4, -0.2) is 23.2 Å². The molecule has 0 atom stereocenters. The first-order chi connectivity index (χ1) is 8.94.